The molecule has 29 heavy (non-hydrogen) atoms. The van der Waals surface area contributed by atoms with Crippen LogP contribution in [-0.4, -0.2) is 48.6 Å². The summed E-state index contributed by atoms with van der Waals surface area (Å²) >= 11 is 1.13. The van der Waals surface area contributed by atoms with Crippen molar-refractivity contribution in [1.29, 1.82) is 5.26 Å². The maximum Gasteiger partial charge on any atom is 0.346 e. The number of aliphatic hydroxyl groups is 1. The number of aromatic carboxylic acids is 1. The van der Waals surface area contributed by atoms with Crippen LogP contribution in [0.1, 0.15) is 26.4 Å². The molecule has 0 bridgehead atoms. The fourth-order valence-electron chi connectivity index (χ4n) is 3.70. The van der Waals surface area contributed by atoms with Crippen LogP contribution < -0.4 is 4.90 Å². The summed E-state index contributed by atoms with van der Waals surface area (Å²) in [5, 5.41) is 31.9. The zero-order valence-corrected chi connectivity index (χ0v) is 16.5. The number of hydrogen-bond donors (Lipinski definition) is 2. The fraction of sp³-hybridized carbons (Fsp3) is 0.273. The van der Waals surface area contributed by atoms with Gasteiger partial charge in [0.25, 0.3) is 0 Å². The van der Waals surface area contributed by atoms with Crippen molar-refractivity contribution < 1.29 is 19.7 Å². The molecule has 1 fully saturated rings. The fourth-order valence-corrected chi connectivity index (χ4v) is 4.84. The first-order chi connectivity index (χ1) is 14.1. The number of morpholine rings is 1. The first-order valence-electron chi connectivity index (χ1n) is 9.35. The third-order valence-electron chi connectivity index (χ3n) is 5.12. The molecule has 1 aliphatic heterocycles. The van der Waals surface area contributed by atoms with E-state index in [1.807, 2.05) is 47.4 Å². The highest BCUT2D eigenvalue weighted by atomic mass is 32.1. The van der Waals surface area contributed by atoms with Gasteiger partial charge in [-0.2, -0.15) is 5.26 Å². The number of aliphatic hydroxyl groups excluding tert-OH is 1. The Bertz CT molecular complexity index is 1100. The van der Waals surface area contributed by atoms with Gasteiger partial charge in [0.05, 0.1) is 24.9 Å². The first kappa shape index (κ1) is 19.4. The van der Waals surface area contributed by atoms with E-state index in [1.54, 1.807) is 0 Å². The van der Waals surface area contributed by atoms with Gasteiger partial charge in [0.2, 0.25) is 0 Å². The van der Waals surface area contributed by atoms with Crippen molar-refractivity contribution in [3.05, 3.63) is 64.0 Å². The van der Waals surface area contributed by atoms with Gasteiger partial charge >= 0.3 is 5.97 Å². The summed E-state index contributed by atoms with van der Waals surface area (Å²) in [6.07, 6.45) is 0.0363. The number of rotatable bonds is 5. The quantitative estimate of drug-likeness (QED) is 0.673. The van der Waals surface area contributed by atoms with E-state index >= 15 is 0 Å². The number of benzene rings is 2. The minimum Gasteiger partial charge on any atom is -0.477 e. The van der Waals surface area contributed by atoms with Gasteiger partial charge in [-0.05, 0) is 16.3 Å². The second kappa shape index (κ2) is 8.21. The largest absolute Gasteiger partial charge is 0.477 e. The summed E-state index contributed by atoms with van der Waals surface area (Å²) in [5.41, 5.74) is 1.91. The highest BCUT2D eigenvalue weighted by Crippen LogP contribution is 2.38. The number of nitrogens with zero attached hydrogens (tertiary/aromatic N) is 2. The van der Waals surface area contributed by atoms with Crippen molar-refractivity contribution >= 4 is 33.1 Å². The van der Waals surface area contributed by atoms with Crippen LogP contribution in [-0.2, 0) is 11.2 Å². The zero-order chi connectivity index (χ0) is 20.4. The lowest BCUT2D eigenvalue weighted by Gasteiger charge is -2.32. The molecule has 1 aromatic heterocycles. The van der Waals surface area contributed by atoms with E-state index in [2.05, 4.69) is 6.07 Å². The Balaban J connectivity index is 1.74. The predicted octanol–water partition coefficient (Wildman–Crippen LogP) is 3.26. The number of carbonyl (C=O) groups is 1. The van der Waals surface area contributed by atoms with E-state index < -0.39 is 5.97 Å². The normalized spacial score (nSPS) is 16.7. The van der Waals surface area contributed by atoms with Crippen LogP contribution in [0.5, 0.6) is 0 Å². The van der Waals surface area contributed by atoms with Crippen molar-refractivity contribution in [2.45, 2.75) is 12.5 Å². The van der Waals surface area contributed by atoms with E-state index in [1.165, 1.54) is 0 Å². The molecule has 1 unspecified atom stereocenters. The van der Waals surface area contributed by atoms with Gasteiger partial charge in [-0.3, -0.25) is 0 Å². The molecule has 1 atom stereocenters. The van der Waals surface area contributed by atoms with Crippen molar-refractivity contribution in [3.8, 4) is 6.07 Å². The molecule has 2 heterocycles. The number of nitriles is 1. The molecule has 4 rings (SSSR count). The summed E-state index contributed by atoms with van der Waals surface area (Å²) in [6.45, 7) is 1.30. The van der Waals surface area contributed by atoms with Crippen LogP contribution >= 0.6 is 11.3 Å². The molecule has 1 saturated heterocycles. The Labute approximate surface area is 172 Å². The maximum atomic E-state index is 11.9. The van der Waals surface area contributed by atoms with Crippen molar-refractivity contribution in [1.82, 2.24) is 0 Å². The molecule has 0 amide bonds. The van der Waals surface area contributed by atoms with E-state index in [-0.39, 0.29) is 17.6 Å². The predicted molar refractivity (Wildman–Crippen MR) is 112 cm³/mol. The molecular formula is C22H20N2O4S. The molecule has 148 valence electrons. The summed E-state index contributed by atoms with van der Waals surface area (Å²) in [7, 11) is 0. The van der Waals surface area contributed by atoms with Gasteiger partial charge in [-0.25, -0.2) is 4.79 Å². The third kappa shape index (κ3) is 3.83. The highest BCUT2D eigenvalue weighted by Gasteiger charge is 2.29. The number of thiophene rings is 1. The van der Waals surface area contributed by atoms with Crippen LogP contribution in [0.25, 0.3) is 10.8 Å². The van der Waals surface area contributed by atoms with Crippen molar-refractivity contribution in [2.24, 2.45) is 0 Å². The number of hydrogen-bond acceptors (Lipinski definition) is 6. The zero-order valence-electron chi connectivity index (χ0n) is 15.7. The molecule has 1 aliphatic rings. The lowest BCUT2D eigenvalue weighted by Crippen LogP contribution is -2.44. The van der Waals surface area contributed by atoms with Crippen LogP contribution in [0.4, 0.5) is 5.00 Å². The molecular weight excluding hydrogens is 388 g/mol. The summed E-state index contributed by atoms with van der Waals surface area (Å²) in [6, 6.07) is 16.2. The SMILES string of the molecule is N#Cc1c(N2CCOC(CO)C2)sc(C(=O)O)c1Cc1ccc2ccccc2c1. The lowest BCUT2D eigenvalue weighted by molar-refractivity contribution is 0.00373. The van der Waals surface area contributed by atoms with Crippen LogP contribution in [0.2, 0.25) is 0 Å². The Kier molecular flexibility index (Phi) is 5.49. The Morgan fingerprint density at radius 1 is 1.28 bits per heavy atom. The van der Waals surface area contributed by atoms with E-state index in [9.17, 15) is 20.3 Å². The average molecular weight is 408 g/mol. The third-order valence-corrected chi connectivity index (χ3v) is 6.40. The molecule has 6 nitrogen and oxygen atoms in total. The maximum absolute atomic E-state index is 11.9. The molecule has 0 saturated carbocycles. The Hall–Kier alpha value is -2.92. The topological polar surface area (TPSA) is 93.8 Å². The first-order valence-corrected chi connectivity index (χ1v) is 10.2. The van der Waals surface area contributed by atoms with E-state index in [4.69, 9.17) is 4.74 Å². The van der Waals surface area contributed by atoms with E-state index in [0.29, 0.717) is 42.2 Å². The van der Waals surface area contributed by atoms with Gasteiger partial charge in [-0.15, -0.1) is 11.3 Å². The molecule has 3 aromatic rings. The second-order valence-corrected chi connectivity index (χ2v) is 7.99. The second-order valence-electron chi connectivity index (χ2n) is 6.99. The van der Waals surface area contributed by atoms with Gasteiger partial charge in [0.15, 0.2) is 0 Å². The standard InChI is InChI=1S/C22H20N2O4S/c23-11-19-18(10-14-5-6-15-3-1-2-4-16(15)9-14)20(22(26)27)29-21(19)24-7-8-28-17(12-24)13-25/h1-6,9,17,25H,7-8,10,12-13H2,(H,26,27). The molecule has 0 spiro atoms. The molecule has 7 heteroatoms. The Morgan fingerprint density at radius 3 is 2.79 bits per heavy atom. The van der Waals surface area contributed by atoms with Crippen LogP contribution in [0.15, 0.2) is 42.5 Å². The minimum atomic E-state index is -1.03. The number of carboxylic acids is 1. The molecule has 0 aliphatic carbocycles. The van der Waals surface area contributed by atoms with Gasteiger partial charge in [0.1, 0.15) is 15.9 Å². The Morgan fingerprint density at radius 2 is 2.07 bits per heavy atom. The van der Waals surface area contributed by atoms with Gasteiger partial charge < -0.3 is 19.8 Å². The van der Waals surface area contributed by atoms with Crippen LogP contribution in [0.3, 0.4) is 0 Å². The highest BCUT2D eigenvalue weighted by molar-refractivity contribution is 7.18. The molecule has 0 radical (unpaired) electrons. The summed E-state index contributed by atoms with van der Waals surface area (Å²) < 4.78 is 5.49. The monoisotopic (exact) mass is 408 g/mol. The number of ether oxygens (including phenoxy) is 1. The molecule has 2 N–H and O–H groups in total. The lowest BCUT2D eigenvalue weighted by atomic mass is 9.98. The summed E-state index contributed by atoms with van der Waals surface area (Å²) in [5.74, 6) is -1.03. The van der Waals surface area contributed by atoms with E-state index in [0.717, 1.165) is 27.7 Å². The van der Waals surface area contributed by atoms with Gasteiger partial charge in [-0.1, -0.05) is 42.5 Å². The van der Waals surface area contributed by atoms with Gasteiger partial charge in [0, 0.05) is 25.1 Å². The average Bonchev–Trinajstić information content (AvgIpc) is 3.12. The molecule has 2 aromatic carbocycles. The van der Waals surface area contributed by atoms with Crippen molar-refractivity contribution in [2.75, 3.05) is 31.2 Å². The smallest absolute Gasteiger partial charge is 0.346 e. The number of anilines is 1. The number of carboxylic acid groups (broad SMARTS) is 1. The van der Waals surface area contributed by atoms with Crippen LogP contribution in [0, 0.1) is 11.3 Å². The minimum absolute atomic E-state index is 0.112. The van der Waals surface area contributed by atoms with Crippen molar-refractivity contribution in [3.63, 3.8) is 0 Å². The number of fused-ring (bicyclic) bond motifs is 1. The summed E-state index contributed by atoms with van der Waals surface area (Å²) in [4.78, 5) is 14.1.